The number of halogens is 1. The van der Waals surface area contributed by atoms with E-state index in [1.54, 1.807) is 41.3 Å². The normalized spacial score (nSPS) is 16.4. The van der Waals surface area contributed by atoms with E-state index < -0.39 is 6.04 Å². The van der Waals surface area contributed by atoms with Crippen molar-refractivity contribution in [3.63, 3.8) is 0 Å². The van der Waals surface area contributed by atoms with E-state index in [9.17, 15) is 9.59 Å². The summed E-state index contributed by atoms with van der Waals surface area (Å²) in [6.07, 6.45) is 0. The van der Waals surface area contributed by atoms with Crippen molar-refractivity contribution in [2.75, 3.05) is 27.2 Å². The van der Waals surface area contributed by atoms with Crippen LogP contribution in [0.3, 0.4) is 0 Å². The fourth-order valence-electron chi connectivity index (χ4n) is 3.50. The van der Waals surface area contributed by atoms with Gasteiger partial charge >= 0.3 is 0 Å². The molecule has 1 atom stereocenters. The molecule has 1 amide bonds. The third-order valence-electron chi connectivity index (χ3n) is 4.85. The first-order chi connectivity index (χ1) is 13.0. The van der Waals surface area contributed by atoms with Gasteiger partial charge in [-0.15, -0.1) is 0 Å². The molecule has 3 aromatic rings. The predicted molar refractivity (Wildman–Crippen MR) is 105 cm³/mol. The van der Waals surface area contributed by atoms with E-state index in [1.165, 1.54) is 0 Å². The van der Waals surface area contributed by atoms with E-state index in [-0.39, 0.29) is 17.1 Å². The van der Waals surface area contributed by atoms with Crippen LogP contribution in [0.1, 0.15) is 27.7 Å². The fraction of sp³-hybridized carbons (Fsp3) is 0.238. The maximum Gasteiger partial charge on any atom is 0.290 e. The average Bonchev–Trinajstić information content (AvgIpc) is 2.93. The second-order valence-electron chi connectivity index (χ2n) is 6.93. The van der Waals surface area contributed by atoms with Gasteiger partial charge in [0.25, 0.3) is 5.91 Å². The number of nitrogens with zero attached hydrogens (tertiary/aromatic N) is 2. The molecular formula is C21H19ClN2O3. The molecule has 2 aromatic carbocycles. The van der Waals surface area contributed by atoms with E-state index in [4.69, 9.17) is 16.0 Å². The second kappa shape index (κ2) is 6.83. The first kappa shape index (κ1) is 17.8. The molecule has 0 saturated heterocycles. The first-order valence-corrected chi connectivity index (χ1v) is 9.12. The van der Waals surface area contributed by atoms with E-state index in [1.807, 2.05) is 31.1 Å². The van der Waals surface area contributed by atoms with Gasteiger partial charge in [-0.25, -0.2) is 0 Å². The minimum Gasteiger partial charge on any atom is -0.450 e. The van der Waals surface area contributed by atoms with E-state index in [0.29, 0.717) is 34.6 Å². The van der Waals surface area contributed by atoms with Crippen LogP contribution < -0.4 is 5.43 Å². The second-order valence-corrected chi connectivity index (χ2v) is 7.36. The average molecular weight is 383 g/mol. The molecule has 6 heteroatoms. The fourth-order valence-corrected chi connectivity index (χ4v) is 3.62. The summed E-state index contributed by atoms with van der Waals surface area (Å²) in [5, 5.41) is 1.09. The van der Waals surface area contributed by atoms with Crippen LogP contribution in [0, 0.1) is 0 Å². The van der Waals surface area contributed by atoms with Gasteiger partial charge in [0, 0.05) is 18.1 Å². The number of fused-ring (bicyclic) bond motifs is 2. The Bertz CT molecular complexity index is 1070. The topological polar surface area (TPSA) is 53.8 Å². The van der Waals surface area contributed by atoms with E-state index in [0.717, 1.165) is 5.56 Å². The molecule has 4 rings (SSSR count). The molecule has 0 bridgehead atoms. The highest BCUT2D eigenvalue weighted by atomic mass is 35.5. The van der Waals surface area contributed by atoms with Crippen LogP contribution in [0.5, 0.6) is 0 Å². The van der Waals surface area contributed by atoms with Gasteiger partial charge in [-0.3, -0.25) is 9.59 Å². The number of likely N-dealkylation sites (N-methyl/N-ethyl adjacent to an activating group) is 1. The number of carbonyl (C=O) groups is 1. The van der Waals surface area contributed by atoms with Crippen molar-refractivity contribution < 1.29 is 9.21 Å². The zero-order valence-electron chi connectivity index (χ0n) is 15.1. The van der Waals surface area contributed by atoms with Gasteiger partial charge in [-0.1, -0.05) is 35.9 Å². The van der Waals surface area contributed by atoms with Crippen molar-refractivity contribution in [1.29, 1.82) is 0 Å². The van der Waals surface area contributed by atoms with Gasteiger partial charge in [0.15, 0.2) is 5.43 Å². The third kappa shape index (κ3) is 3.03. The van der Waals surface area contributed by atoms with Crippen LogP contribution in [0.15, 0.2) is 57.7 Å². The number of para-hydroxylation sites is 1. The highest BCUT2D eigenvalue weighted by Crippen LogP contribution is 2.38. The van der Waals surface area contributed by atoms with Gasteiger partial charge < -0.3 is 14.2 Å². The molecule has 138 valence electrons. The van der Waals surface area contributed by atoms with Crippen LogP contribution in [-0.2, 0) is 0 Å². The smallest absolute Gasteiger partial charge is 0.290 e. The van der Waals surface area contributed by atoms with Crippen LogP contribution in [-0.4, -0.2) is 42.9 Å². The quantitative estimate of drug-likeness (QED) is 0.692. The summed E-state index contributed by atoms with van der Waals surface area (Å²) >= 11 is 6.03. The van der Waals surface area contributed by atoms with Gasteiger partial charge in [0.2, 0.25) is 5.76 Å². The molecule has 0 aliphatic carbocycles. The Kier molecular flexibility index (Phi) is 4.50. The molecule has 1 aromatic heterocycles. The SMILES string of the molecule is CN(C)CCN1C(=O)c2oc3ccccc3c(=O)c2[C@H]1c1ccc(Cl)cc1. The maximum atomic E-state index is 13.2. The Morgan fingerprint density at radius 2 is 1.78 bits per heavy atom. The third-order valence-corrected chi connectivity index (χ3v) is 5.10. The molecule has 27 heavy (non-hydrogen) atoms. The number of amides is 1. The molecular weight excluding hydrogens is 364 g/mol. The van der Waals surface area contributed by atoms with Crippen molar-refractivity contribution >= 4 is 28.5 Å². The molecule has 1 aliphatic rings. The molecule has 0 spiro atoms. The standard InChI is InChI=1S/C21H19ClN2O3/c1-23(2)11-12-24-18(13-7-9-14(22)10-8-13)17-19(25)15-5-3-4-6-16(15)27-20(17)21(24)26/h3-10,18H,11-12H2,1-2H3/t18-/m1/s1. The lowest BCUT2D eigenvalue weighted by Gasteiger charge is -2.26. The highest BCUT2D eigenvalue weighted by Gasteiger charge is 2.42. The Morgan fingerprint density at radius 1 is 1.07 bits per heavy atom. The summed E-state index contributed by atoms with van der Waals surface area (Å²) in [5.74, 6) is -0.118. The largest absolute Gasteiger partial charge is 0.450 e. The molecule has 0 N–H and O–H groups in total. The zero-order valence-corrected chi connectivity index (χ0v) is 15.9. The van der Waals surface area contributed by atoms with Gasteiger partial charge in [0.1, 0.15) is 5.58 Å². The molecule has 0 unspecified atom stereocenters. The Balaban J connectivity index is 1.93. The predicted octanol–water partition coefficient (Wildman–Crippen LogP) is 3.55. The van der Waals surface area contributed by atoms with Crippen molar-refractivity contribution in [3.8, 4) is 0 Å². The molecule has 5 nitrogen and oxygen atoms in total. The summed E-state index contributed by atoms with van der Waals surface area (Å²) in [7, 11) is 3.89. The zero-order chi connectivity index (χ0) is 19.1. The van der Waals surface area contributed by atoms with Crippen molar-refractivity contribution in [2.24, 2.45) is 0 Å². The van der Waals surface area contributed by atoms with Gasteiger partial charge in [-0.05, 0) is 43.9 Å². The van der Waals surface area contributed by atoms with Crippen molar-refractivity contribution in [3.05, 3.63) is 80.7 Å². The number of hydrogen-bond donors (Lipinski definition) is 0. The monoisotopic (exact) mass is 382 g/mol. The minimum atomic E-state index is -0.481. The first-order valence-electron chi connectivity index (χ1n) is 8.74. The van der Waals surface area contributed by atoms with E-state index in [2.05, 4.69) is 0 Å². The Labute approximate surface area is 161 Å². The van der Waals surface area contributed by atoms with Gasteiger partial charge in [-0.2, -0.15) is 0 Å². The highest BCUT2D eigenvalue weighted by molar-refractivity contribution is 6.30. The summed E-state index contributed by atoms with van der Waals surface area (Å²) < 4.78 is 5.88. The van der Waals surface area contributed by atoms with Crippen LogP contribution in [0.4, 0.5) is 0 Å². The lowest BCUT2D eigenvalue weighted by Crippen LogP contribution is -2.35. The molecule has 0 fully saturated rings. The molecule has 2 heterocycles. The molecule has 0 radical (unpaired) electrons. The van der Waals surface area contributed by atoms with Crippen LogP contribution in [0.25, 0.3) is 11.0 Å². The lowest BCUT2D eigenvalue weighted by atomic mass is 9.98. The number of hydrogen-bond acceptors (Lipinski definition) is 4. The molecule has 1 aliphatic heterocycles. The summed E-state index contributed by atoms with van der Waals surface area (Å²) in [6.45, 7) is 1.16. The number of carbonyl (C=O) groups excluding carboxylic acids is 1. The Hall–Kier alpha value is -2.63. The van der Waals surface area contributed by atoms with Crippen LogP contribution >= 0.6 is 11.6 Å². The Morgan fingerprint density at radius 3 is 2.48 bits per heavy atom. The lowest BCUT2D eigenvalue weighted by molar-refractivity contribution is 0.0716. The van der Waals surface area contributed by atoms with E-state index >= 15 is 0 Å². The van der Waals surface area contributed by atoms with Gasteiger partial charge in [0.05, 0.1) is 17.0 Å². The number of rotatable bonds is 4. The van der Waals surface area contributed by atoms with Crippen molar-refractivity contribution in [2.45, 2.75) is 6.04 Å². The van der Waals surface area contributed by atoms with Crippen molar-refractivity contribution in [1.82, 2.24) is 9.80 Å². The minimum absolute atomic E-state index is 0.136. The summed E-state index contributed by atoms with van der Waals surface area (Å²) in [5.41, 5.74) is 1.51. The summed E-state index contributed by atoms with van der Waals surface area (Å²) in [6, 6.07) is 13.8. The van der Waals surface area contributed by atoms with Crippen LogP contribution in [0.2, 0.25) is 5.02 Å². The molecule has 0 saturated carbocycles. The number of benzene rings is 2. The summed E-state index contributed by atoms with van der Waals surface area (Å²) in [4.78, 5) is 30.0. The maximum absolute atomic E-state index is 13.2.